The molecule has 6 unspecified atom stereocenters. The summed E-state index contributed by atoms with van der Waals surface area (Å²) in [5.74, 6) is -6.15. The van der Waals surface area contributed by atoms with Crippen LogP contribution in [0.2, 0.25) is 5.02 Å². The van der Waals surface area contributed by atoms with Crippen molar-refractivity contribution in [2.45, 2.75) is 31.1 Å². The summed E-state index contributed by atoms with van der Waals surface area (Å²) in [5.41, 5.74) is 0.937. The molecule has 8 rings (SSSR count). The lowest BCUT2D eigenvalue weighted by Crippen LogP contribution is -2.53. The molecule has 0 spiro atoms. The van der Waals surface area contributed by atoms with Crippen LogP contribution in [-0.4, -0.2) is 33.7 Å². The van der Waals surface area contributed by atoms with Crippen LogP contribution in [0.5, 0.6) is 5.75 Å². The van der Waals surface area contributed by atoms with Crippen molar-refractivity contribution in [1.29, 1.82) is 0 Å². The summed E-state index contributed by atoms with van der Waals surface area (Å²) in [6.07, 6.45) is 2.15. The number of aryl methyl sites for hydroxylation is 1. The van der Waals surface area contributed by atoms with Gasteiger partial charge in [0.25, 0.3) is 5.69 Å². The summed E-state index contributed by atoms with van der Waals surface area (Å²) < 4.78 is 0. The number of carbonyl (C=O) groups is 4. The molecule has 2 aliphatic heterocycles. The summed E-state index contributed by atoms with van der Waals surface area (Å²) in [5, 5.41) is 23.6. The number of hydrogen-bond acceptors (Lipinski definition) is 7. The largest absolute Gasteiger partial charge is 0.507 e. The van der Waals surface area contributed by atoms with Crippen LogP contribution in [0.3, 0.4) is 0 Å². The number of amides is 4. The van der Waals surface area contributed by atoms with Crippen LogP contribution in [0.1, 0.15) is 35.4 Å². The van der Waals surface area contributed by atoms with Crippen LogP contribution in [0.15, 0.2) is 109 Å². The van der Waals surface area contributed by atoms with E-state index in [4.69, 9.17) is 11.6 Å². The minimum Gasteiger partial charge on any atom is -0.507 e. The van der Waals surface area contributed by atoms with E-state index in [9.17, 15) is 29.6 Å². The van der Waals surface area contributed by atoms with Gasteiger partial charge in [0.1, 0.15) is 5.75 Å². The lowest BCUT2D eigenvalue weighted by Gasteiger charge is -2.50. The minimum absolute atomic E-state index is 0.0243. The third-order valence-electron chi connectivity index (χ3n) is 11.0. The minimum atomic E-state index is -1.52. The van der Waals surface area contributed by atoms with Gasteiger partial charge in [0.15, 0.2) is 0 Å². The van der Waals surface area contributed by atoms with E-state index in [0.29, 0.717) is 33.0 Å². The van der Waals surface area contributed by atoms with Gasteiger partial charge in [-0.3, -0.25) is 29.3 Å². The number of para-hydroxylation sites is 1. The van der Waals surface area contributed by atoms with Gasteiger partial charge in [0.05, 0.1) is 39.5 Å². The molecule has 4 aromatic carbocycles. The fourth-order valence-electron chi connectivity index (χ4n) is 9.00. The van der Waals surface area contributed by atoms with Crippen molar-refractivity contribution >= 4 is 52.3 Å². The topological polar surface area (TPSA) is 138 Å². The van der Waals surface area contributed by atoms with Crippen molar-refractivity contribution in [3.8, 4) is 5.75 Å². The summed E-state index contributed by atoms with van der Waals surface area (Å²) in [6.45, 7) is 1.76. The van der Waals surface area contributed by atoms with Crippen molar-refractivity contribution in [3.05, 3.63) is 141 Å². The lowest BCUT2D eigenvalue weighted by molar-refractivity contribution is -0.384. The van der Waals surface area contributed by atoms with Crippen LogP contribution in [0.4, 0.5) is 17.1 Å². The molecule has 50 heavy (non-hydrogen) atoms. The molecule has 10 nitrogen and oxygen atoms in total. The SMILES string of the molecule is Cc1cccc(C2C3=CCC4C(=O)N(c5cccc([N+](=O)[O-])c5)C(=O)C4C3CC3C(=O)N(c4cccc(Cl)c4)C(=O)C32c2ccccc2)c1O. The summed E-state index contributed by atoms with van der Waals surface area (Å²) in [7, 11) is 0. The molecular weight excluding hydrogens is 658 g/mol. The van der Waals surface area contributed by atoms with Gasteiger partial charge in [-0.25, -0.2) is 9.80 Å². The smallest absolute Gasteiger partial charge is 0.271 e. The second-order valence-electron chi connectivity index (χ2n) is 13.4. The molecular formula is C39H30ClN3O7. The van der Waals surface area contributed by atoms with E-state index >= 15 is 4.79 Å². The number of nitrogens with zero attached hydrogens (tertiary/aromatic N) is 3. The summed E-state index contributed by atoms with van der Waals surface area (Å²) >= 11 is 6.36. The average molecular weight is 688 g/mol. The maximum Gasteiger partial charge on any atom is 0.271 e. The number of fused-ring (bicyclic) bond motifs is 4. The number of benzene rings is 4. The number of anilines is 2. The molecule has 6 atom stereocenters. The number of phenols is 1. The number of nitro benzene ring substituents is 1. The maximum atomic E-state index is 15.3. The number of hydrogen-bond donors (Lipinski definition) is 1. The molecule has 0 aromatic heterocycles. The number of rotatable bonds is 5. The van der Waals surface area contributed by atoms with Crippen molar-refractivity contribution < 1.29 is 29.2 Å². The summed E-state index contributed by atoms with van der Waals surface area (Å²) in [4.78, 5) is 71.7. The number of halogens is 1. The Balaban J connectivity index is 1.35. The van der Waals surface area contributed by atoms with Crippen LogP contribution >= 0.6 is 11.6 Å². The van der Waals surface area contributed by atoms with Gasteiger partial charge in [-0.2, -0.15) is 0 Å². The number of carbonyl (C=O) groups excluding carboxylic acids is 4. The monoisotopic (exact) mass is 687 g/mol. The molecule has 0 bridgehead atoms. The Bertz CT molecular complexity index is 2190. The summed E-state index contributed by atoms with van der Waals surface area (Å²) in [6, 6.07) is 26.3. The first-order valence-electron chi connectivity index (χ1n) is 16.4. The molecule has 2 aliphatic carbocycles. The molecule has 4 amide bonds. The third kappa shape index (κ3) is 4.34. The van der Waals surface area contributed by atoms with E-state index < -0.39 is 63.6 Å². The molecule has 2 saturated heterocycles. The van der Waals surface area contributed by atoms with E-state index in [0.717, 1.165) is 4.90 Å². The van der Waals surface area contributed by atoms with Crippen LogP contribution in [0, 0.1) is 40.7 Å². The van der Waals surface area contributed by atoms with E-state index in [2.05, 4.69) is 0 Å². The Morgan fingerprint density at radius 3 is 2.24 bits per heavy atom. The van der Waals surface area contributed by atoms with E-state index in [1.807, 2.05) is 36.4 Å². The molecule has 4 aliphatic rings. The number of non-ortho nitro benzene ring substituents is 1. The second kappa shape index (κ2) is 11.5. The second-order valence-corrected chi connectivity index (χ2v) is 13.8. The Labute approximate surface area is 291 Å². The number of allylic oxidation sites excluding steroid dienone is 2. The van der Waals surface area contributed by atoms with Crippen LogP contribution in [-0.2, 0) is 24.6 Å². The molecule has 11 heteroatoms. The van der Waals surface area contributed by atoms with Gasteiger partial charge in [-0.1, -0.05) is 83.9 Å². The molecule has 3 fully saturated rings. The molecule has 1 saturated carbocycles. The highest BCUT2D eigenvalue weighted by Crippen LogP contribution is 2.65. The van der Waals surface area contributed by atoms with Crippen molar-refractivity contribution in [2.24, 2.45) is 23.7 Å². The third-order valence-corrected chi connectivity index (χ3v) is 11.3. The zero-order valence-electron chi connectivity index (χ0n) is 26.7. The van der Waals surface area contributed by atoms with Gasteiger partial charge in [0, 0.05) is 28.6 Å². The lowest BCUT2D eigenvalue weighted by atomic mass is 9.49. The first kappa shape index (κ1) is 31.6. The highest BCUT2D eigenvalue weighted by molar-refractivity contribution is 6.32. The first-order chi connectivity index (χ1) is 24.0. The maximum absolute atomic E-state index is 15.3. The van der Waals surface area contributed by atoms with Crippen LogP contribution in [0.25, 0.3) is 0 Å². The number of aromatic hydroxyl groups is 1. The molecule has 4 aromatic rings. The molecule has 1 N–H and O–H groups in total. The first-order valence-corrected chi connectivity index (χ1v) is 16.7. The fraction of sp³-hybridized carbons (Fsp3) is 0.231. The fourth-order valence-corrected chi connectivity index (χ4v) is 9.19. The number of nitro groups is 1. The zero-order valence-corrected chi connectivity index (χ0v) is 27.5. The van der Waals surface area contributed by atoms with Crippen LogP contribution < -0.4 is 9.80 Å². The highest BCUT2D eigenvalue weighted by atomic mass is 35.5. The Kier molecular flexibility index (Phi) is 7.27. The predicted octanol–water partition coefficient (Wildman–Crippen LogP) is 6.63. The molecule has 250 valence electrons. The number of phenolic OH excluding ortho intramolecular Hbond substituents is 1. The van der Waals surface area contributed by atoms with Gasteiger partial charge in [0.2, 0.25) is 23.6 Å². The van der Waals surface area contributed by atoms with Crippen molar-refractivity contribution in [3.63, 3.8) is 0 Å². The Morgan fingerprint density at radius 1 is 0.820 bits per heavy atom. The molecule has 2 heterocycles. The highest BCUT2D eigenvalue weighted by Gasteiger charge is 2.70. The van der Waals surface area contributed by atoms with Crippen molar-refractivity contribution in [2.75, 3.05) is 9.80 Å². The van der Waals surface area contributed by atoms with Gasteiger partial charge >= 0.3 is 0 Å². The van der Waals surface area contributed by atoms with E-state index in [-0.39, 0.29) is 30.0 Å². The normalized spacial score (nSPS) is 27.2. The number of imide groups is 2. The van der Waals surface area contributed by atoms with Gasteiger partial charge in [-0.15, -0.1) is 0 Å². The average Bonchev–Trinajstić information content (AvgIpc) is 3.50. The Morgan fingerprint density at radius 2 is 1.52 bits per heavy atom. The van der Waals surface area contributed by atoms with E-state index in [1.165, 1.54) is 29.2 Å². The molecule has 0 radical (unpaired) electrons. The zero-order chi connectivity index (χ0) is 35.1. The quantitative estimate of drug-likeness (QED) is 0.108. The van der Waals surface area contributed by atoms with Gasteiger partial charge < -0.3 is 5.11 Å². The Hall–Kier alpha value is -5.61. The predicted molar refractivity (Wildman–Crippen MR) is 185 cm³/mol. The standard InChI is InChI=1S/C39H30ClN3O7/c1-21-8-5-15-29(34(21)44)33-27-16-17-28-32(37(47)41(35(28)45)25-13-7-14-26(19-25)43(49)50)30(27)20-31-36(46)42(24-12-6-11-23(40)18-24)38(48)39(31,33)22-9-3-2-4-10-22/h2-16,18-19,28,30-33,44H,17,20H2,1H3. The van der Waals surface area contributed by atoms with Gasteiger partial charge in [-0.05, 0) is 61.1 Å². The van der Waals surface area contributed by atoms with Crippen molar-refractivity contribution in [1.82, 2.24) is 0 Å². The van der Waals surface area contributed by atoms with E-state index in [1.54, 1.807) is 49.4 Å².